The van der Waals surface area contributed by atoms with E-state index in [2.05, 4.69) is 11.0 Å². The third kappa shape index (κ3) is 2.13. The maximum atomic E-state index is 12.2. The van der Waals surface area contributed by atoms with Gasteiger partial charge in [-0.05, 0) is 30.4 Å². The number of carboxylic acid groups (broad SMARTS) is 1. The average molecular weight is 275 g/mol. The molecule has 1 aliphatic carbocycles. The second-order valence-corrected chi connectivity index (χ2v) is 5.63. The number of hydrogen-bond donors (Lipinski definition) is 1. The first-order valence-corrected chi connectivity index (χ1v) is 7.40. The van der Waals surface area contributed by atoms with Crippen LogP contribution in [-0.2, 0) is 21.5 Å². The molecule has 1 heterocycles. The van der Waals surface area contributed by atoms with Crippen molar-refractivity contribution in [3.05, 3.63) is 35.4 Å². The Morgan fingerprint density at radius 3 is 2.70 bits per heavy atom. The van der Waals surface area contributed by atoms with Crippen LogP contribution in [-0.4, -0.2) is 42.3 Å². The molecular formula is C16H21NO3. The summed E-state index contributed by atoms with van der Waals surface area (Å²) in [6, 6.07) is 8.06. The SMILES string of the molecule is O=C(O)C1(N2CCOCC2)CCCCc2ccccc21. The molecule has 1 saturated heterocycles. The number of rotatable bonds is 2. The summed E-state index contributed by atoms with van der Waals surface area (Å²) in [6.07, 6.45) is 3.70. The van der Waals surface area contributed by atoms with Crippen molar-refractivity contribution in [2.75, 3.05) is 26.3 Å². The molecule has 0 aromatic heterocycles. The number of carboxylic acids is 1. The standard InChI is InChI=1S/C16H21NO3/c18-15(19)16(17-9-11-20-12-10-17)8-4-3-6-13-5-1-2-7-14(13)16/h1-2,5,7H,3-4,6,8-12H2,(H,18,19). The lowest BCUT2D eigenvalue weighted by Gasteiger charge is -2.43. The minimum Gasteiger partial charge on any atom is -0.480 e. The molecule has 0 bridgehead atoms. The number of nitrogens with zero attached hydrogens (tertiary/aromatic N) is 1. The van der Waals surface area contributed by atoms with Gasteiger partial charge in [0.2, 0.25) is 0 Å². The van der Waals surface area contributed by atoms with Crippen molar-refractivity contribution in [2.45, 2.75) is 31.2 Å². The fourth-order valence-electron chi connectivity index (χ4n) is 3.60. The minimum atomic E-state index is -0.864. The molecule has 20 heavy (non-hydrogen) atoms. The Morgan fingerprint density at radius 1 is 1.20 bits per heavy atom. The van der Waals surface area contributed by atoms with E-state index in [9.17, 15) is 9.90 Å². The molecule has 108 valence electrons. The lowest BCUT2D eigenvalue weighted by atomic mass is 9.82. The van der Waals surface area contributed by atoms with Crippen LogP contribution >= 0.6 is 0 Å². The van der Waals surface area contributed by atoms with Crippen molar-refractivity contribution < 1.29 is 14.6 Å². The zero-order valence-corrected chi connectivity index (χ0v) is 11.7. The first-order chi connectivity index (χ1) is 9.75. The highest BCUT2D eigenvalue weighted by atomic mass is 16.5. The quantitative estimate of drug-likeness (QED) is 0.839. The molecule has 1 aromatic carbocycles. The van der Waals surface area contributed by atoms with Gasteiger partial charge in [0.15, 0.2) is 0 Å². The zero-order valence-electron chi connectivity index (χ0n) is 11.7. The molecular weight excluding hydrogens is 254 g/mol. The van der Waals surface area contributed by atoms with Crippen LogP contribution in [0.1, 0.15) is 30.4 Å². The highest BCUT2D eigenvalue weighted by Crippen LogP contribution is 2.39. The van der Waals surface area contributed by atoms with Crippen molar-refractivity contribution in [1.29, 1.82) is 0 Å². The summed E-state index contributed by atoms with van der Waals surface area (Å²) in [5.41, 5.74) is 1.32. The van der Waals surface area contributed by atoms with Gasteiger partial charge in [0, 0.05) is 13.1 Å². The molecule has 4 heteroatoms. The van der Waals surface area contributed by atoms with Crippen LogP contribution in [0.25, 0.3) is 0 Å². The van der Waals surface area contributed by atoms with Crippen LogP contribution in [0.3, 0.4) is 0 Å². The largest absolute Gasteiger partial charge is 0.480 e. The Bertz CT molecular complexity index is 496. The second kappa shape index (κ2) is 5.54. The molecule has 2 aliphatic rings. The topological polar surface area (TPSA) is 49.8 Å². The number of fused-ring (bicyclic) bond motifs is 1. The van der Waals surface area contributed by atoms with Gasteiger partial charge in [0.25, 0.3) is 0 Å². The van der Waals surface area contributed by atoms with Crippen molar-refractivity contribution in [1.82, 2.24) is 4.90 Å². The highest BCUT2D eigenvalue weighted by Gasteiger charge is 2.47. The smallest absolute Gasteiger partial charge is 0.328 e. The zero-order chi connectivity index (χ0) is 14.0. The van der Waals surface area contributed by atoms with Gasteiger partial charge in [0.1, 0.15) is 5.54 Å². The monoisotopic (exact) mass is 275 g/mol. The Morgan fingerprint density at radius 2 is 1.95 bits per heavy atom. The fraction of sp³-hybridized carbons (Fsp3) is 0.562. The number of aliphatic carboxylic acids is 1. The normalized spacial score (nSPS) is 27.6. The fourth-order valence-corrected chi connectivity index (χ4v) is 3.60. The number of morpholine rings is 1. The minimum absolute atomic E-state index is 0.622. The predicted octanol–water partition coefficient (Wildman–Crippen LogP) is 2.03. The third-order valence-electron chi connectivity index (χ3n) is 4.60. The molecule has 4 nitrogen and oxygen atoms in total. The summed E-state index contributed by atoms with van der Waals surface area (Å²) in [5, 5.41) is 10.0. The van der Waals surface area contributed by atoms with Crippen molar-refractivity contribution >= 4 is 5.97 Å². The summed E-state index contributed by atoms with van der Waals surface area (Å²) < 4.78 is 5.40. The highest BCUT2D eigenvalue weighted by molar-refractivity contribution is 5.81. The van der Waals surface area contributed by atoms with E-state index in [1.807, 2.05) is 18.2 Å². The summed E-state index contributed by atoms with van der Waals surface area (Å²) in [5.74, 6) is -0.714. The molecule has 1 N–H and O–H groups in total. The van der Waals surface area contributed by atoms with E-state index in [0.717, 1.165) is 24.8 Å². The van der Waals surface area contributed by atoms with Gasteiger partial charge in [-0.3, -0.25) is 4.90 Å². The Labute approximate surface area is 119 Å². The first kappa shape index (κ1) is 13.6. The lowest BCUT2D eigenvalue weighted by molar-refractivity contribution is -0.157. The van der Waals surface area contributed by atoms with Gasteiger partial charge in [0.05, 0.1) is 13.2 Å². The average Bonchev–Trinajstić information content (AvgIpc) is 2.68. The molecule has 0 saturated carbocycles. The molecule has 1 atom stereocenters. The van der Waals surface area contributed by atoms with E-state index in [1.165, 1.54) is 5.56 Å². The molecule has 0 amide bonds. The van der Waals surface area contributed by atoms with Crippen molar-refractivity contribution in [3.8, 4) is 0 Å². The van der Waals surface area contributed by atoms with E-state index in [4.69, 9.17) is 4.74 Å². The number of hydrogen-bond acceptors (Lipinski definition) is 3. The first-order valence-electron chi connectivity index (χ1n) is 7.40. The van der Waals surface area contributed by atoms with Gasteiger partial charge in [-0.15, -0.1) is 0 Å². The molecule has 3 rings (SSSR count). The summed E-state index contributed by atoms with van der Waals surface area (Å²) in [4.78, 5) is 14.3. The maximum Gasteiger partial charge on any atom is 0.328 e. The summed E-state index contributed by atoms with van der Waals surface area (Å²) in [6.45, 7) is 2.63. The van der Waals surface area contributed by atoms with Gasteiger partial charge < -0.3 is 9.84 Å². The molecule has 1 unspecified atom stereocenters. The van der Waals surface area contributed by atoms with Crippen LogP contribution < -0.4 is 0 Å². The summed E-state index contributed by atoms with van der Waals surface area (Å²) in [7, 11) is 0. The van der Waals surface area contributed by atoms with Crippen LogP contribution in [0.4, 0.5) is 0 Å². The maximum absolute atomic E-state index is 12.2. The van der Waals surface area contributed by atoms with Crippen LogP contribution in [0, 0.1) is 0 Å². The third-order valence-corrected chi connectivity index (χ3v) is 4.60. The van der Waals surface area contributed by atoms with Gasteiger partial charge in [-0.25, -0.2) is 4.79 Å². The lowest BCUT2D eigenvalue weighted by Crippen LogP contribution is -2.56. The van der Waals surface area contributed by atoms with Crippen molar-refractivity contribution in [3.63, 3.8) is 0 Å². The number of benzene rings is 1. The van der Waals surface area contributed by atoms with Gasteiger partial charge >= 0.3 is 5.97 Å². The molecule has 0 spiro atoms. The van der Waals surface area contributed by atoms with E-state index < -0.39 is 11.5 Å². The Hall–Kier alpha value is -1.39. The van der Waals surface area contributed by atoms with Crippen LogP contribution in [0.15, 0.2) is 24.3 Å². The Balaban J connectivity index is 2.11. The molecule has 0 radical (unpaired) electrons. The van der Waals surface area contributed by atoms with Gasteiger partial charge in [-0.1, -0.05) is 30.7 Å². The molecule has 1 aromatic rings. The number of carbonyl (C=O) groups is 1. The summed E-state index contributed by atoms with van der Waals surface area (Å²) >= 11 is 0. The second-order valence-electron chi connectivity index (χ2n) is 5.63. The number of aryl methyl sites for hydroxylation is 1. The van der Waals surface area contributed by atoms with E-state index in [0.29, 0.717) is 32.7 Å². The van der Waals surface area contributed by atoms with E-state index in [1.54, 1.807) is 0 Å². The number of ether oxygens (including phenoxy) is 1. The van der Waals surface area contributed by atoms with E-state index in [-0.39, 0.29) is 0 Å². The van der Waals surface area contributed by atoms with Crippen LogP contribution in [0.2, 0.25) is 0 Å². The van der Waals surface area contributed by atoms with Gasteiger partial charge in [-0.2, -0.15) is 0 Å². The van der Waals surface area contributed by atoms with Crippen molar-refractivity contribution in [2.24, 2.45) is 0 Å². The van der Waals surface area contributed by atoms with E-state index >= 15 is 0 Å². The van der Waals surface area contributed by atoms with Crippen LogP contribution in [0.5, 0.6) is 0 Å². The molecule has 1 aliphatic heterocycles. The molecule has 1 fully saturated rings. The predicted molar refractivity (Wildman–Crippen MR) is 75.7 cm³/mol. The Kier molecular flexibility index (Phi) is 3.76.